The topological polar surface area (TPSA) is 63.1 Å². The summed E-state index contributed by atoms with van der Waals surface area (Å²) < 4.78 is 19.6. The Morgan fingerprint density at radius 2 is 1.86 bits per heavy atom. The molecule has 37 heavy (non-hydrogen) atoms. The molecule has 198 valence electrons. The first-order valence-electron chi connectivity index (χ1n) is 12.6. The molecule has 0 bridgehead atoms. The predicted octanol–water partition coefficient (Wildman–Crippen LogP) is 4.05. The van der Waals surface area contributed by atoms with E-state index in [4.69, 9.17) is 16.3 Å². The number of amides is 1. The molecule has 4 rings (SSSR count). The highest BCUT2D eigenvalue weighted by Crippen LogP contribution is 2.41. The summed E-state index contributed by atoms with van der Waals surface area (Å²) in [5, 5.41) is 10.6. The van der Waals surface area contributed by atoms with Gasteiger partial charge in [0.15, 0.2) is 6.10 Å². The first-order chi connectivity index (χ1) is 17.6. The van der Waals surface area contributed by atoms with Crippen LogP contribution in [0.3, 0.4) is 0 Å². The Hall–Kier alpha value is -3.02. The molecule has 2 aromatic rings. The van der Waals surface area contributed by atoms with Crippen molar-refractivity contribution in [3.05, 3.63) is 52.8 Å². The molecular weight excluding hydrogens is 493 g/mol. The van der Waals surface area contributed by atoms with E-state index in [2.05, 4.69) is 15.9 Å². The van der Waals surface area contributed by atoms with Crippen LogP contribution >= 0.6 is 11.6 Å². The Balaban J connectivity index is 1.49. The van der Waals surface area contributed by atoms with Gasteiger partial charge in [-0.05, 0) is 57.1 Å². The van der Waals surface area contributed by atoms with Crippen LogP contribution in [0.15, 0.2) is 36.4 Å². The molecule has 1 unspecified atom stereocenters. The molecule has 0 saturated carbocycles. The Bertz CT molecular complexity index is 1160. The average molecular weight is 528 g/mol. The number of hydrogen-bond donors (Lipinski definition) is 0. The van der Waals surface area contributed by atoms with Gasteiger partial charge >= 0.3 is 0 Å². The lowest BCUT2D eigenvalue weighted by atomic mass is 9.75. The Kier molecular flexibility index (Phi) is 8.15. The van der Waals surface area contributed by atoms with E-state index in [1.807, 2.05) is 50.1 Å². The number of fused-ring (bicyclic) bond motifs is 1. The van der Waals surface area contributed by atoms with Crippen molar-refractivity contribution in [1.29, 1.82) is 5.26 Å². The number of likely N-dealkylation sites (tertiary alicyclic amines) is 1. The number of anilines is 2. The number of nitrogens with zero attached hydrogens (tertiary/aromatic N) is 5. The Labute approximate surface area is 223 Å². The third-order valence-electron chi connectivity index (χ3n) is 7.32. The van der Waals surface area contributed by atoms with Crippen LogP contribution in [0.2, 0.25) is 5.02 Å². The van der Waals surface area contributed by atoms with Crippen molar-refractivity contribution in [2.75, 3.05) is 70.7 Å². The third-order valence-corrected chi connectivity index (χ3v) is 7.63. The van der Waals surface area contributed by atoms with E-state index in [-0.39, 0.29) is 11.7 Å². The zero-order valence-electron chi connectivity index (χ0n) is 22.0. The fraction of sp³-hybridized carbons (Fsp3) is 0.500. The molecular formula is C28H35ClFN5O2. The smallest absolute Gasteiger partial charge is 0.265 e. The van der Waals surface area contributed by atoms with Crippen LogP contribution in [0.25, 0.3) is 0 Å². The van der Waals surface area contributed by atoms with Crippen LogP contribution in [0.5, 0.6) is 5.75 Å². The van der Waals surface area contributed by atoms with Crippen molar-refractivity contribution >= 4 is 28.9 Å². The van der Waals surface area contributed by atoms with Gasteiger partial charge in [-0.3, -0.25) is 4.79 Å². The first-order valence-corrected chi connectivity index (χ1v) is 13.0. The van der Waals surface area contributed by atoms with Gasteiger partial charge in [0.2, 0.25) is 0 Å². The van der Waals surface area contributed by atoms with Gasteiger partial charge in [-0.25, -0.2) is 4.39 Å². The lowest BCUT2D eigenvalue weighted by molar-refractivity contribution is -0.140. The number of halogens is 2. The highest BCUT2D eigenvalue weighted by atomic mass is 35.5. The molecule has 2 aliphatic heterocycles. The number of carbonyl (C=O) groups is 1. The summed E-state index contributed by atoms with van der Waals surface area (Å²) in [6.07, 6.45) is 1.05. The average Bonchev–Trinajstić information content (AvgIpc) is 2.88. The van der Waals surface area contributed by atoms with Gasteiger partial charge in [0.25, 0.3) is 5.91 Å². The Morgan fingerprint density at radius 3 is 2.46 bits per heavy atom. The fourth-order valence-corrected chi connectivity index (χ4v) is 5.37. The predicted molar refractivity (Wildman–Crippen MR) is 145 cm³/mol. The molecule has 2 aromatic carbocycles. The van der Waals surface area contributed by atoms with Crippen molar-refractivity contribution in [3.8, 4) is 11.8 Å². The van der Waals surface area contributed by atoms with E-state index in [0.717, 1.165) is 30.0 Å². The van der Waals surface area contributed by atoms with Crippen molar-refractivity contribution in [3.63, 3.8) is 0 Å². The summed E-state index contributed by atoms with van der Waals surface area (Å²) in [5.74, 6) is 0.301. The van der Waals surface area contributed by atoms with E-state index in [1.165, 1.54) is 12.1 Å². The quantitative estimate of drug-likeness (QED) is 0.541. The molecule has 1 fully saturated rings. The van der Waals surface area contributed by atoms with Gasteiger partial charge in [0.1, 0.15) is 11.6 Å². The molecule has 0 radical (unpaired) electrons. The molecule has 9 heteroatoms. The van der Waals surface area contributed by atoms with Gasteiger partial charge in [0, 0.05) is 46.3 Å². The van der Waals surface area contributed by atoms with E-state index in [0.29, 0.717) is 49.7 Å². The minimum absolute atomic E-state index is 0.0600. The van der Waals surface area contributed by atoms with Gasteiger partial charge in [0.05, 0.1) is 34.4 Å². The molecule has 2 aliphatic rings. The number of rotatable bonds is 7. The maximum absolute atomic E-state index is 13.6. The molecule has 1 atom stereocenters. The zero-order chi connectivity index (χ0) is 26.7. The first kappa shape index (κ1) is 27.0. The summed E-state index contributed by atoms with van der Waals surface area (Å²) in [6, 6.07) is 12.6. The molecule has 1 amide bonds. The van der Waals surface area contributed by atoms with Gasteiger partial charge in [-0.1, -0.05) is 23.7 Å². The van der Waals surface area contributed by atoms with Crippen molar-refractivity contribution in [1.82, 2.24) is 9.80 Å². The minimum Gasteiger partial charge on any atom is -0.476 e. The number of piperidine rings is 1. The van der Waals surface area contributed by atoms with Crippen LogP contribution in [0.4, 0.5) is 15.8 Å². The Morgan fingerprint density at radius 1 is 1.19 bits per heavy atom. The molecule has 0 aromatic heterocycles. The molecule has 7 nitrogen and oxygen atoms in total. The summed E-state index contributed by atoms with van der Waals surface area (Å²) in [7, 11) is 7.88. The summed E-state index contributed by atoms with van der Waals surface area (Å²) in [4.78, 5) is 21.7. The largest absolute Gasteiger partial charge is 0.476 e. The van der Waals surface area contributed by atoms with Gasteiger partial charge in [-0.2, -0.15) is 5.26 Å². The van der Waals surface area contributed by atoms with Crippen molar-refractivity contribution < 1.29 is 13.9 Å². The van der Waals surface area contributed by atoms with E-state index >= 15 is 0 Å². The highest BCUT2D eigenvalue weighted by molar-refractivity contribution is 6.33. The number of benzene rings is 2. The number of hydrogen-bond acceptors (Lipinski definition) is 6. The van der Waals surface area contributed by atoms with E-state index in [9.17, 15) is 14.4 Å². The minimum atomic E-state index is -0.641. The summed E-state index contributed by atoms with van der Waals surface area (Å²) in [5.41, 5.74) is 2.09. The highest BCUT2D eigenvalue weighted by Gasteiger charge is 2.40. The second-order valence-electron chi connectivity index (χ2n) is 10.5. The molecule has 2 heterocycles. The number of likely N-dealkylation sites (N-methyl/N-ethyl adjacent to an activating group) is 1. The monoisotopic (exact) mass is 527 g/mol. The number of nitriles is 1. The van der Waals surface area contributed by atoms with Crippen LogP contribution in [0.1, 0.15) is 18.4 Å². The second-order valence-corrected chi connectivity index (χ2v) is 10.9. The number of ether oxygens (including phenoxy) is 1. The SMILES string of the molecule is CN(C)CCN1CC(C(=O)N2CCC(C#N)(Cc3ccc(F)cc3)CC2)Oc2cc(N(C)C)c(Cl)cc21. The van der Waals surface area contributed by atoms with Crippen molar-refractivity contribution in [2.45, 2.75) is 25.4 Å². The maximum atomic E-state index is 13.6. The van der Waals surface area contributed by atoms with Gasteiger partial charge in [-0.15, -0.1) is 0 Å². The lowest BCUT2D eigenvalue weighted by Crippen LogP contribution is -2.54. The lowest BCUT2D eigenvalue weighted by Gasteiger charge is -2.41. The van der Waals surface area contributed by atoms with Gasteiger partial charge < -0.3 is 24.3 Å². The van der Waals surface area contributed by atoms with Crippen LogP contribution in [-0.4, -0.2) is 82.7 Å². The maximum Gasteiger partial charge on any atom is 0.265 e. The molecule has 1 saturated heterocycles. The zero-order valence-corrected chi connectivity index (χ0v) is 22.8. The normalized spacial score (nSPS) is 18.7. The van der Waals surface area contributed by atoms with Crippen LogP contribution in [-0.2, 0) is 11.2 Å². The summed E-state index contributed by atoms with van der Waals surface area (Å²) >= 11 is 6.56. The molecule has 0 aliphatic carbocycles. The van der Waals surface area contributed by atoms with E-state index in [1.54, 1.807) is 12.1 Å². The third kappa shape index (κ3) is 6.11. The van der Waals surface area contributed by atoms with E-state index < -0.39 is 11.5 Å². The molecule has 0 spiro atoms. The summed E-state index contributed by atoms with van der Waals surface area (Å²) in [6.45, 7) is 2.97. The van der Waals surface area contributed by atoms with Crippen LogP contribution < -0.4 is 14.5 Å². The van der Waals surface area contributed by atoms with Crippen LogP contribution in [0, 0.1) is 22.6 Å². The number of carbonyl (C=O) groups excluding carboxylic acids is 1. The van der Waals surface area contributed by atoms with Crippen molar-refractivity contribution in [2.24, 2.45) is 5.41 Å². The standard InChI is InChI=1S/C28H35ClFN5O2/c1-32(2)13-14-35-18-26(37-25-16-23(33(3)4)22(29)15-24(25)35)27(36)34-11-9-28(19-31,10-12-34)17-20-5-7-21(30)8-6-20/h5-8,15-16,26H,9-14,17-18H2,1-4H3. The fourth-order valence-electron chi connectivity index (χ4n) is 5.05. The second kappa shape index (κ2) is 11.2. The molecule has 0 N–H and O–H groups in total.